The van der Waals surface area contributed by atoms with Crippen molar-refractivity contribution in [3.8, 4) is 0 Å². The van der Waals surface area contributed by atoms with E-state index in [0.29, 0.717) is 0 Å². The van der Waals surface area contributed by atoms with Gasteiger partial charge in [-0.25, -0.2) is 4.79 Å². The number of aliphatic carboxylic acids is 1. The highest BCUT2D eigenvalue weighted by molar-refractivity contribution is 5.96. The summed E-state index contributed by atoms with van der Waals surface area (Å²) in [5.41, 5.74) is -0.884. The summed E-state index contributed by atoms with van der Waals surface area (Å²) >= 11 is 0. The Morgan fingerprint density at radius 3 is 2.50 bits per heavy atom. The van der Waals surface area contributed by atoms with Gasteiger partial charge in [0.1, 0.15) is 6.04 Å². The van der Waals surface area contributed by atoms with Crippen LogP contribution in [0.2, 0.25) is 0 Å². The molecule has 0 saturated carbocycles. The van der Waals surface area contributed by atoms with Crippen LogP contribution in [0.4, 0.5) is 10.1 Å². The molecule has 0 aliphatic heterocycles. The predicted molar refractivity (Wildman–Crippen MR) is 66.9 cm³/mol. The van der Waals surface area contributed by atoms with Crippen molar-refractivity contribution in [2.24, 2.45) is 0 Å². The number of amides is 1. The molecule has 1 unspecified atom stereocenters. The van der Waals surface area contributed by atoms with Gasteiger partial charge in [0.25, 0.3) is 5.91 Å². The number of nitrogens with zero attached hydrogens (tertiary/aromatic N) is 2. The maximum Gasteiger partial charge on any atom is 0.326 e. The molecule has 1 rings (SSSR count). The van der Waals surface area contributed by atoms with Crippen LogP contribution in [-0.4, -0.2) is 39.9 Å². The summed E-state index contributed by atoms with van der Waals surface area (Å²) < 4.78 is 13.4. The maximum absolute atomic E-state index is 13.4. The van der Waals surface area contributed by atoms with Gasteiger partial charge in [-0.1, -0.05) is 6.92 Å². The second-order valence-corrected chi connectivity index (χ2v) is 4.10. The summed E-state index contributed by atoms with van der Waals surface area (Å²) in [4.78, 5) is 33.5. The lowest BCUT2D eigenvalue weighted by Gasteiger charge is -2.23. The van der Waals surface area contributed by atoms with Crippen LogP contribution >= 0.6 is 0 Å². The van der Waals surface area contributed by atoms with Gasteiger partial charge in [0.2, 0.25) is 5.82 Å². The molecule has 1 amide bonds. The van der Waals surface area contributed by atoms with Gasteiger partial charge in [-0.05, 0) is 18.6 Å². The van der Waals surface area contributed by atoms with Crippen molar-refractivity contribution < 1.29 is 24.0 Å². The van der Waals surface area contributed by atoms with E-state index in [1.807, 2.05) is 0 Å². The second kappa shape index (κ2) is 6.09. The first-order valence-electron chi connectivity index (χ1n) is 5.73. The molecule has 7 nitrogen and oxygen atoms in total. The molecule has 0 aromatic heterocycles. The number of rotatable bonds is 5. The molecule has 1 aromatic rings. The third-order valence-electron chi connectivity index (χ3n) is 2.85. The monoisotopic (exact) mass is 284 g/mol. The molecule has 1 atom stereocenters. The molecule has 8 heteroatoms. The first-order chi connectivity index (χ1) is 9.29. The second-order valence-electron chi connectivity index (χ2n) is 4.10. The zero-order valence-corrected chi connectivity index (χ0v) is 10.9. The van der Waals surface area contributed by atoms with E-state index in [-0.39, 0.29) is 12.0 Å². The molecule has 0 aliphatic carbocycles. The first kappa shape index (κ1) is 15.5. The zero-order valence-electron chi connectivity index (χ0n) is 10.9. The Balaban J connectivity index is 3.06. The number of carbonyl (C=O) groups excluding carboxylic acids is 1. The van der Waals surface area contributed by atoms with Gasteiger partial charge in [0, 0.05) is 18.7 Å². The van der Waals surface area contributed by atoms with Crippen molar-refractivity contribution in [3.63, 3.8) is 0 Å². The van der Waals surface area contributed by atoms with E-state index in [2.05, 4.69) is 0 Å². The number of carboxylic acid groups (broad SMARTS) is 1. The van der Waals surface area contributed by atoms with Gasteiger partial charge in [-0.3, -0.25) is 14.9 Å². The Labute approximate surface area is 113 Å². The lowest BCUT2D eigenvalue weighted by atomic mass is 10.1. The van der Waals surface area contributed by atoms with Crippen LogP contribution in [0.25, 0.3) is 0 Å². The quantitative estimate of drug-likeness (QED) is 0.654. The summed E-state index contributed by atoms with van der Waals surface area (Å²) in [5, 5.41) is 19.4. The molecule has 0 radical (unpaired) electrons. The highest BCUT2D eigenvalue weighted by atomic mass is 19.1. The number of nitro benzene ring substituents is 1. The standard InChI is InChI=1S/C12H13FN2O5/c1-3-9(12(17)18)14(2)11(16)7-4-5-10(15(19)20)8(13)6-7/h4-6,9H,3H2,1-2H3,(H,17,18). The van der Waals surface area contributed by atoms with Crippen LogP contribution in [0.5, 0.6) is 0 Å². The van der Waals surface area contributed by atoms with Crippen LogP contribution in [0.1, 0.15) is 23.7 Å². The first-order valence-corrected chi connectivity index (χ1v) is 5.73. The molecular formula is C12H13FN2O5. The normalized spacial score (nSPS) is 11.8. The molecule has 1 N–H and O–H groups in total. The summed E-state index contributed by atoms with van der Waals surface area (Å²) in [6, 6.07) is 1.65. The number of hydrogen-bond donors (Lipinski definition) is 1. The van der Waals surface area contributed by atoms with E-state index in [1.165, 1.54) is 7.05 Å². The molecule has 20 heavy (non-hydrogen) atoms. The highest BCUT2D eigenvalue weighted by Gasteiger charge is 2.26. The smallest absolute Gasteiger partial charge is 0.326 e. The van der Waals surface area contributed by atoms with Crippen molar-refractivity contribution in [1.29, 1.82) is 0 Å². The van der Waals surface area contributed by atoms with Crippen LogP contribution < -0.4 is 0 Å². The van der Waals surface area contributed by atoms with E-state index >= 15 is 0 Å². The average molecular weight is 284 g/mol. The number of benzene rings is 1. The summed E-state index contributed by atoms with van der Waals surface area (Å²) in [6.45, 7) is 1.60. The fraction of sp³-hybridized carbons (Fsp3) is 0.333. The van der Waals surface area contributed by atoms with Gasteiger partial charge < -0.3 is 10.0 Å². The number of nitro groups is 1. The van der Waals surface area contributed by atoms with E-state index in [0.717, 1.165) is 23.1 Å². The lowest BCUT2D eigenvalue weighted by Crippen LogP contribution is -2.42. The van der Waals surface area contributed by atoms with E-state index in [9.17, 15) is 24.1 Å². The molecular weight excluding hydrogens is 271 g/mol. The van der Waals surface area contributed by atoms with Gasteiger partial charge >= 0.3 is 11.7 Å². The topological polar surface area (TPSA) is 101 Å². The molecule has 0 saturated heterocycles. The van der Waals surface area contributed by atoms with Crippen LogP contribution in [0, 0.1) is 15.9 Å². The minimum atomic E-state index is -1.18. The Kier molecular flexibility index (Phi) is 4.73. The number of carbonyl (C=O) groups is 2. The maximum atomic E-state index is 13.4. The number of carboxylic acids is 1. The Bertz CT molecular complexity index is 561. The van der Waals surface area contributed by atoms with Crippen molar-refractivity contribution >= 4 is 17.6 Å². The Morgan fingerprint density at radius 2 is 2.10 bits per heavy atom. The number of likely N-dealkylation sites (N-methyl/N-ethyl adjacent to an activating group) is 1. The molecule has 0 bridgehead atoms. The summed E-state index contributed by atoms with van der Waals surface area (Å²) in [6.07, 6.45) is 0.188. The van der Waals surface area contributed by atoms with E-state index in [1.54, 1.807) is 6.92 Å². The van der Waals surface area contributed by atoms with Gasteiger partial charge in [0.05, 0.1) is 4.92 Å². The summed E-state index contributed by atoms with van der Waals surface area (Å²) in [5.74, 6) is -3.03. The van der Waals surface area contributed by atoms with Gasteiger partial charge in [0.15, 0.2) is 0 Å². The van der Waals surface area contributed by atoms with Crippen LogP contribution in [0.15, 0.2) is 18.2 Å². The predicted octanol–water partition coefficient (Wildman–Crippen LogP) is 1.67. The molecule has 0 spiro atoms. The van der Waals surface area contributed by atoms with Crippen LogP contribution in [0.3, 0.4) is 0 Å². The molecule has 0 heterocycles. The molecule has 0 aliphatic rings. The zero-order chi connectivity index (χ0) is 15.4. The van der Waals surface area contributed by atoms with Gasteiger partial charge in [-0.2, -0.15) is 4.39 Å². The fourth-order valence-electron chi connectivity index (χ4n) is 1.75. The van der Waals surface area contributed by atoms with Crippen molar-refractivity contribution in [1.82, 2.24) is 4.90 Å². The van der Waals surface area contributed by atoms with Crippen molar-refractivity contribution in [2.45, 2.75) is 19.4 Å². The average Bonchev–Trinajstić information content (AvgIpc) is 2.37. The third-order valence-corrected chi connectivity index (χ3v) is 2.85. The minimum Gasteiger partial charge on any atom is -0.480 e. The molecule has 108 valence electrons. The third kappa shape index (κ3) is 3.08. The molecule has 1 aromatic carbocycles. The van der Waals surface area contributed by atoms with E-state index < -0.39 is 34.3 Å². The Morgan fingerprint density at radius 1 is 1.50 bits per heavy atom. The van der Waals surface area contributed by atoms with Gasteiger partial charge in [-0.15, -0.1) is 0 Å². The van der Waals surface area contributed by atoms with Crippen molar-refractivity contribution in [2.75, 3.05) is 7.05 Å². The fourth-order valence-corrected chi connectivity index (χ4v) is 1.75. The number of halogens is 1. The molecule has 0 fully saturated rings. The lowest BCUT2D eigenvalue weighted by molar-refractivity contribution is -0.387. The highest BCUT2D eigenvalue weighted by Crippen LogP contribution is 2.19. The minimum absolute atomic E-state index is 0.143. The largest absolute Gasteiger partial charge is 0.480 e. The number of hydrogen-bond acceptors (Lipinski definition) is 4. The summed E-state index contributed by atoms with van der Waals surface area (Å²) in [7, 11) is 1.28. The van der Waals surface area contributed by atoms with E-state index in [4.69, 9.17) is 5.11 Å². The van der Waals surface area contributed by atoms with Crippen LogP contribution in [-0.2, 0) is 4.79 Å². The Hall–Kier alpha value is -2.51. The SMILES string of the molecule is CCC(C(=O)O)N(C)C(=O)c1ccc([N+](=O)[O-])c(F)c1. The van der Waals surface area contributed by atoms with Crippen molar-refractivity contribution in [3.05, 3.63) is 39.7 Å².